The fraction of sp³-hybridized carbons (Fsp3) is 0.412. The second-order valence-electron chi connectivity index (χ2n) is 5.57. The molecule has 0 aliphatic heterocycles. The van der Waals surface area contributed by atoms with Crippen molar-refractivity contribution in [2.45, 2.75) is 39.0 Å². The number of aromatic amines is 1. The summed E-state index contributed by atoms with van der Waals surface area (Å²) in [5.41, 5.74) is 0.327. The highest BCUT2D eigenvalue weighted by Crippen LogP contribution is 2.17. The first-order valence-electron chi connectivity index (χ1n) is 8.30. The molecule has 0 aromatic carbocycles. The van der Waals surface area contributed by atoms with Crippen LogP contribution in [0.3, 0.4) is 0 Å². The van der Waals surface area contributed by atoms with Crippen LogP contribution in [0.2, 0.25) is 0 Å². The highest BCUT2D eigenvalue weighted by molar-refractivity contribution is 7.14. The number of amides is 2. The summed E-state index contributed by atoms with van der Waals surface area (Å²) in [5.74, 6) is -0.498. The van der Waals surface area contributed by atoms with Gasteiger partial charge in [0.05, 0.1) is 5.69 Å². The van der Waals surface area contributed by atoms with Crippen molar-refractivity contribution in [3.05, 3.63) is 45.3 Å². The maximum atomic E-state index is 12.1. The Morgan fingerprint density at radius 1 is 1.32 bits per heavy atom. The van der Waals surface area contributed by atoms with Crippen molar-refractivity contribution in [2.24, 2.45) is 0 Å². The molecule has 3 N–H and O–H groups in total. The SMILES string of the molecule is CCCCCNC(=O)CCc1csc(NC(=O)c2ccc[nH]c2=O)n1. The molecule has 2 aromatic rings. The molecule has 25 heavy (non-hydrogen) atoms. The average molecular weight is 362 g/mol. The van der Waals surface area contributed by atoms with Gasteiger partial charge in [0.1, 0.15) is 5.56 Å². The van der Waals surface area contributed by atoms with Gasteiger partial charge in [-0.1, -0.05) is 19.8 Å². The number of carbonyl (C=O) groups is 2. The van der Waals surface area contributed by atoms with Crippen molar-refractivity contribution in [1.29, 1.82) is 0 Å². The molecule has 2 rings (SSSR count). The fourth-order valence-corrected chi connectivity index (χ4v) is 2.92. The van der Waals surface area contributed by atoms with E-state index in [1.54, 1.807) is 11.4 Å². The van der Waals surface area contributed by atoms with Crippen molar-refractivity contribution in [1.82, 2.24) is 15.3 Å². The monoisotopic (exact) mass is 362 g/mol. The molecule has 134 valence electrons. The van der Waals surface area contributed by atoms with Crippen molar-refractivity contribution >= 4 is 28.3 Å². The van der Waals surface area contributed by atoms with Crippen molar-refractivity contribution < 1.29 is 9.59 Å². The van der Waals surface area contributed by atoms with Gasteiger partial charge >= 0.3 is 0 Å². The quantitative estimate of drug-likeness (QED) is 0.596. The Hall–Kier alpha value is -2.48. The number of anilines is 1. The van der Waals surface area contributed by atoms with E-state index in [1.807, 2.05) is 0 Å². The minimum Gasteiger partial charge on any atom is -0.356 e. The van der Waals surface area contributed by atoms with E-state index in [0.717, 1.165) is 25.0 Å². The maximum absolute atomic E-state index is 12.1. The van der Waals surface area contributed by atoms with Crippen molar-refractivity contribution in [3.8, 4) is 0 Å². The third-order valence-corrected chi connectivity index (χ3v) is 4.35. The molecule has 8 heteroatoms. The summed E-state index contributed by atoms with van der Waals surface area (Å²) in [6.07, 6.45) is 5.57. The summed E-state index contributed by atoms with van der Waals surface area (Å²) in [7, 11) is 0. The minimum atomic E-state index is -0.503. The smallest absolute Gasteiger partial charge is 0.263 e. The molecular formula is C17H22N4O3S. The van der Waals surface area contributed by atoms with E-state index < -0.39 is 11.5 Å². The average Bonchev–Trinajstić information content (AvgIpc) is 3.04. The van der Waals surface area contributed by atoms with E-state index in [4.69, 9.17) is 0 Å². The first kappa shape index (κ1) is 18.9. The van der Waals surface area contributed by atoms with Crippen LogP contribution in [0.4, 0.5) is 5.13 Å². The highest BCUT2D eigenvalue weighted by Gasteiger charge is 2.12. The molecule has 2 amide bonds. The zero-order valence-electron chi connectivity index (χ0n) is 14.1. The molecular weight excluding hydrogens is 340 g/mol. The van der Waals surface area contributed by atoms with Crippen LogP contribution in [-0.4, -0.2) is 28.3 Å². The topological polar surface area (TPSA) is 104 Å². The number of rotatable bonds is 9. The molecule has 0 saturated heterocycles. The van der Waals surface area contributed by atoms with Gasteiger partial charge in [0, 0.05) is 24.5 Å². The van der Waals surface area contributed by atoms with Gasteiger partial charge in [0.15, 0.2) is 5.13 Å². The molecule has 0 fully saturated rings. The lowest BCUT2D eigenvalue weighted by atomic mass is 10.2. The van der Waals surface area contributed by atoms with Gasteiger partial charge in [-0.2, -0.15) is 0 Å². The summed E-state index contributed by atoms with van der Waals surface area (Å²) < 4.78 is 0. The normalized spacial score (nSPS) is 10.4. The summed E-state index contributed by atoms with van der Waals surface area (Å²) >= 11 is 1.27. The van der Waals surface area contributed by atoms with Gasteiger partial charge in [0.2, 0.25) is 5.91 Å². The molecule has 0 aliphatic carbocycles. The molecule has 0 unspecified atom stereocenters. The largest absolute Gasteiger partial charge is 0.356 e. The number of nitrogens with one attached hydrogen (secondary N) is 3. The number of thiazole rings is 1. The van der Waals surface area contributed by atoms with Crippen LogP contribution < -0.4 is 16.2 Å². The molecule has 0 atom stereocenters. The molecule has 7 nitrogen and oxygen atoms in total. The van der Waals surface area contributed by atoms with E-state index in [-0.39, 0.29) is 11.5 Å². The number of unbranched alkanes of at least 4 members (excludes halogenated alkanes) is 2. The van der Waals surface area contributed by atoms with Crippen LogP contribution in [0.25, 0.3) is 0 Å². The summed E-state index contributed by atoms with van der Waals surface area (Å²) in [5, 5.41) is 7.70. The van der Waals surface area contributed by atoms with Crippen LogP contribution in [0, 0.1) is 0 Å². The minimum absolute atomic E-state index is 0.00510. The Labute approximate surface area is 149 Å². The lowest BCUT2D eigenvalue weighted by Crippen LogP contribution is -2.24. The van der Waals surface area contributed by atoms with Gasteiger partial charge in [-0.05, 0) is 25.0 Å². The maximum Gasteiger partial charge on any atom is 0.263 e. The van der Waals surface area contributed by atoms with Crippen LogP contribution >= 0.6 is 11.3 Å². The molecule has 0 radical (unpaired) electrons. The number of hydrogen-bond donors (Lipinski definition) is 3. The molecule has 0 aliphatic rings. The Morgan fingerprint density at radius 3 is 2.92 bits per heavy atom. The summed E-state index contributed by atoms with van der Waals surface area (Å²) in [6.45, 7) is 2.82. The number of hydrogen-bond acceptors (Lipinski definition) is 5. The predicted molar refractivity (Wildman–Crippen MR) is 98.0 cm³/mol. The van der Waals surface area contributed by atoms with Gasteiger partial charge in [-0.15, -0.1) is 11.3 Å². The van der Waals surface area contributed by atoms with Crippen LogP contribution in [-0.2, 0) is 11.2 Å². The number of pyridine rings is 1. The van der Waals surface area contributed by atoms with Gasteiger partial charge in [-0.3, -0.25) is 19.7 Å². The highest BCUT2D eigenvalue weighted by atomic mass is 32.1. The number of carbonyl (C=O) groups excluding carboxylic acids is 2. The van der Waals surface area contributed by atoms with E-state index >= 15 is 0 Å². The third-order valence-electron chi connectivity index (χ3n) is 3.55. The fourth-order valence-electron chi connectivity index (χ4n) is 2.18. The Bertz CT molecular complexity index is 769. The molecule has 2 heterocycles. The number of aryl methyl sites for hydroxylation is 1. The predicted octanol–water partition coefficient (Wildman–Crippen LogP) is 2.32. The number of aromatic nitrogens is 2. The first-order chi connectivity index (χ1) is 12.1. The number of nitrogens with zero attached hydrogens (tertiary/aromatic N) is 1. The molecule has 0 spiro atoms. The van der Waals surface area contributed by atoms with Gasteiger partial charge < -0.3 is 10.3 Å². The van der Waals surface area contributed by atoms with Gasteiger partial charge in [0.25, 0.3) is 11.5 Å². The van der Waals surface area contributed by atoms with Crippen LogP contribution in [0.5, 0.6) is 0 Å². The summed E-state index contributed by atoms with van der Waals surface area (Å²) in [4.78, 5) is 42.1. The van der Waals surface area contributed by atoms with Gasteiger partial charge in [-0.25, -0.2) is 4.98 Å². The standard InChI is InChI=1S/C17H22N4O3S/c1-2-3-4-9-18-14(22)8-7-12-11-25-17(20-12)21-16(24)13-6-5-10-19-15(13)23/h5-6,10-11H,2-4,7-9H2,1H3,(H,18,22)(H,19,23)(H,20,21,24). The molecule has 0 bridgehead atoms. The second kappa shape index (κ2) is 9.73. The van der Waals surface area contributed by atoms with E-state index in [9.17, 15) is 14.4 Å². The lowest BCUT2D eigenvalue weighted by Gasteiger charge is -2.03. The Kier molecular flexibility index (Phi) is 7.34. The van der Waals surface area contributed by atoms with Crippen LogP contribution in [0.1, 0.15) is 48.7 Å². The van der Waals surface area contributed by atoms with E-state index in [1.165, 1.54) is 23.6 Å². The first-order valence-corrected chi connectivity index (χ1v) is 9.18. The van der Waals surface area contributed by atoms with E-state index in [2.05, 4.69) is 27.5 Å². The second-order valence-corrected chi connectivity index (χ2v) is 6.43. The number of H-pyrrole nitrogens is 1. The van der Waals surface area contributed by atoms with Crippen molar-refractivity contribution in [3.63, 3.8) is 0 Å². The lowest BCUT2D eigenvalue weighted by molar-refractivity contribution is -0.121. The zero-order chi connectivity index (χ0) is 18.1. The Balaban J connectivity index is 1.80. The van der Waals surface area contributed by atoms with E-state index in [0.29, 0.717) is 24.5 Å². The third kappa shape index (κ3) is 6.15. The summed E-state index contributed by atoms with van der Waals surface area (Å²) in [6, 6.07) is 3.04. The van der Waals surface area contributed by atoms with Crippen LogP contribution in [0.15, 0.2) is 28.5 Å². The van der Waals surface area contributed by atoms with Crippen molar-refractivity contribution in [2.75, 3.05) is 11.9 Å². The Morgan fingerprint density at radius 2 is 2.16 bits per heavy atom. The molecule has 2 aromatic heterocycles. The zero-order valence-corrected chi connectivity index (χ0v) is 14.9. The molecule has 0 saturated carbocycles.